The lowest BCUT2D eigenvalue weighted by Crippen LogP contribution is -2.41. The van der Waals surface area contributed by atoms with E-state index in [9.17, 15) is 4.39 Å². The van der Waals surface area contributed by atoms with Gasteiger partial charge in [-0.2, -0.15) is 0 Å². The van der Waals surface area contributed by atoms with E-state index in [1.165, 1.54) is 11.8 Å². The van der Waals surface area contributed by atoms with Gasteiger partial charge in [0.1, 0.15) is 6.61 Å². The fourth-order valence-electron chi connectivity index (χ4n) is 3.68. The van der Waals surface area contributed by atoms with Crippen LogP contribution in [0.3, 0.4) is 0 Å². The van der Waals surface area contributed by atoms with Crippen LogP contribution in [-0.2, 0) is 6.54 Å². The summed E-state index contributed by atoms with van der Waals surface area (Å²) in [5.74, 6) is 1.43. The number of guanidine groups is 1. The number of aromatic nitrogens is 1. The quantitative estimate of drug-likeness (QED) is 0.468. The van der Waals surface area contributed by atoms with Crippen molar-refractivity contribution in [1.29, 1.82) is 0 Å². The number of halogens is 1. The number of hydrogen-bond acceptors (Lipinski definition) is 5. The minimum Gasteiger partial charge on any atom is -0.489 e. The average Bonchev–Trinajstić information content (AvgIpc) is 3.18. The first-order chi connectivity index (χ1) is 15.0. The molecule has 0 bridgehead atoms. The molecule has 2 aromatic rings. The standard InChI is InChI=1S/C23H34FN5OS/c1-4-25-23(28(3)13-14-30-22-8-6-5-7-21(22)24)26-15-19-9-11-29(12-10-19)16-20-17-31-18(2)27-20/h5-8,17,19H,4,9-16H2,1-3H3,(H,25,26). The topological polar surface area (TPSA) is 53.0 Å². The molecule has 1 aromatic heterocycles. The summed E-state index contributed by atoms with van der Waals surface area (Å²) < 4.78 is 19.3. The van der Waals surface area contributed by atoms with Crippen molar-refractivity contribution in [3.05, 3.63) is 46.2 Å². The van der Waals surface area contributed by atoms with Crippen LogP contribution in [0.2, 0.25) is 0 Å². The van der Waals surface area contributed by atoms with Crippen molar-refractivity contribution in [1.82, 2.24) is 20.1 Å². The third-order valence-electron chi connectivity index (χ3n) is 5.48. The molecular weight excluding hydrogens is 413 g/mol. The van der Waals surface area contributed by atoms with Gasteiger partial charge < -0.3 is 15.0 Å². The van der Waals surface area contributed by atoms with Crippen LogP contribution in [0.15, 0.2) is 34.6 Å². The molecule has 0 spiro atoms. The van der Waals surface area contributed by atoms with Crippen molar-refractivity contribution >= 4 is 17.3 Å². The van der Waals surface area contributed by atoms with Gasteiger partial charge in [0.15, 0.2) is 17.5 Å². The number of likely N-dealkylation sites (N-methyl/N-ethyl adjacent to an activating group) is 1. The first-order valence-corrected chi connectivity index (χ1v) is 11.9. The number of piperidine rings is 1. The summed E-state index contributed by atoms with van der Waals surface area (Å²) in [4.78, 5) is 14.0. The van der Waals surface area contributed by atoms with Crippen LogP contribution >= 0.6 is 11.3 Å². The van der Waals surface area contributed by atoms with Crippen LogP contribution in [-0.4, -0.2) is 67.1 Å². The molecule has 170 valence electrons. The molecule has 1 fully saturated rings. The third kappa shape index (κ3) is 7.47. The van der Waals surface area contributed by atoms with Crippen molar-refractivity contribution < 1.29 is 9.13 Å². The van der Waals surface area contributed by atoms with E-state index in [1.54, 1.807) is 29.5 Å². The molecule has 0 atom stereocenters. The van der Waals surface area contributed by atoms with Gasteiger partial charge in [-0.05, 0) is 57.8 Å². The number of para-hydroxylation sites is 1. The van der Waals surface area contributed by atoms with Crippen LogP contribution in [0.1, 0.15) is 30.5 Å². The highest BCUT2D eigenvalue weighted by Crippen LogP contribution is 2.20. The van der Waals surface area contributed by atoms with Gasteiger partial charge in [-0.15, -0.1) is 11.3 Å². The highest BCUT2D eigenvalue weighted by molar-refractivity contribution is 7.09. The van der Waals surface area contributed by atoms with Gasteiger partial charge in [0.2, 0.25) is 0 Å². The summed E-state index contributed by atoms with van der Waals surface area (Å²) in [5.41, 5.74) is 1.19. The second-order valence-electron chi connectivity index (χ2n) is 7.97. The molecule has 1 saturated heterocycles. The van der Waals surface area contributed by atoms with Gasteiger partial charge in [0, 0.05) is 32.1 Å². The van der Waals surface area contributed by atoms with Crippen molar-refractivity contribution in [2.45, 2.75) is 33.2 Å². The molecule has 8 heteroatoms. The Morgan fingerprint density at radius 1 is 1.35 bits per heavy atom. The number of rotatable bonds is 9. The average molecular weight is 448 g/mol. The van der Waals surface area contributed by atoms with Crippen LogP contribution < -0.4 is 10.1 Å². The largest absolute Gasteiger partial charge is 0.489 e. The number of nitrogens with one attached hydrogen (secondary N) is 1. The zero-order valence-corrected chi connectivity index (χ0v) is 19.6. The van der Waals surface area contributed by atoms with E-state index >= 15 is 0 Å². The summed E-state index contributed by atoms with van der Waals surface area (Å²) in [6.07, 6.45) is 2.32. The molecule has 0 radical (unpaired) electrons. The Morgan fingerprint density at radius 2 is 2.13 bits per heavy atom. The number of ether oxygens (including phenoxy) is 1. The monoisotopic (exact) mass is 447 g/mol. The first-order valence-electron chi connectivity index (χ1n) is 11.0. The second kappa shape index (κ2) is 12.0. The Hall–Kier alpha value is -2.19. The van der Waals surface area contributed by atoms with Crippen LogP contribution in [0.4, 0.5) is 4.39 Å². The summed E-state index contributed by atoms with van der Waals surface area (Å²) in [7, 11) is 1.99. The fraction of sp³-hybridized carbons (Fsp3) is 0.565. The van der Waals surface area contributed by atoms with Gasteiger partial charge in [-0.3, -0.25) is 9.89 Å². The van der Waals surface area contributed by atoms with E-state index in [-0.39, 0.29) is 11.6 Å². The number of aliphatic imine (C=N–C) groups is 1. The van der Waals surface area contributed by atoms with Crippen molar-refractivity contribution in [3.8, 4) is 5.75 Å². The predicted octanol–water partition coefficient (Wildman–Crippen LogP) is 3.78. The summed E-state index contributed by atoms with van der Waals surface area (Å²) in [6.45, 7) is 9.93. The first kappa shape index (κ1) is 23.5. The molecule has 0 saturated carbocycles. The summed E-state index contributed by atoms with van der Waals surface area (Å²) in [6, 6.07) is 6.50. The molecule has 1 aliphatic heterocycles. The van der Waals surface area contributed by atoms with E-state index in [0.717, 1.165) is 56.5 Å². The zero-order chi connectivity index (χ0) is 22.1. The van der Waals surface area contributed by atoms with E-state index in [4.69, 9.17) is 9.73 Å². The van der Waals surface area contributed by atoms with E-state index in [0.29, 0.717) is 19.1 Å². The van der Waals surface area contributed by atoms with Gasteiger partial charge in [-0.25, -0.2) is 9.37 Å². The molecule has 31 heavy (non-hydrogen) atoms. The molecular formula is C23H34FN5OS. The molecule has 1 N–H and O–H groups in total. The van der Waals surface area contributed by atoms with Gasteiger partial charge in [0.05, 0.1) is 17.2 Å². The smallest absolute Gasteiger partial charge is 0.193 e. The lowest BCUT2D eigenvalue weighted by Gasteiger charge is -2.31. The lowest BCUT2D eigenvalue weighted by molar-refractivity contribution is 0.179. The molecule has 6 nitrogen and oxygen atoms in total. The van der Waals surface area contributed by atoms with Crippen LogP contribution in [0, 0.1) is 18.7 Å². The normalized spacial score (nSPS) is 15.8. The molecule has 3 rings (SSSR count). The van der Waals surface area contributed by atoms with Crippen LogP contribution in [0.5, 0.6) is 5.75 Å². The maximum Gasteiger partial charge on any atom is 0.193 e. The summed E-state index contributed by atoms with van der Waals surface area (Å²) in [5, 5.41) is 6.66. The second-order valence-corrected chi connectivity index (χ2v) is 9.03. The highest BCUT2D eigenvalue weighted by Gasteiger charge is 2.20. The van der Waals surface area contributed by atoms with E-state index in [1.807, 2.05) is 11.9 Å². The van der Waals surface area contributed by atoms with Gasteiger partial charge >= 0.3 is 0 Å². The molecule has 0 amide bonds. The number of nitrogens with zero attached hydrogens (tertiary/aromatic N) is 4. The molecule has 1 aromatic carbocycles. The van der Waals surface area contributed by atoms with Crippen molar-refractivity contribution in [2.75, 3.05) is 46.4 Å². The lowest BCUT2D eigenvalue weighted by atomic mass is 9.97. The highest BCUT2D eigenvalue weighted by atomic mass is 32.1. The maximum absolute atomic E-state index is 13.7. The molecule has 2 heterocycles. The van der Waals surface area contributed by atoms with E-state index in [2.05, 4.69) is 34.4 Å². The van der Waals surface area contributed by atoms with Gasteiger partial charge in [0.25, 0.3) is 0 Å². The molecule has 1 aliphatic rings. The number of thiazole rings is 1. The third-order valence-corrected chi connectivity index (χ3v) is 6.30. The number of hydrogen-bond donors (Lipinski definition) is 1. The Kier molecular flexibility index (Phi) is 9.09. The van der Waals surface area contributed by atoms with Gasteiger partial charge in [-0.1, -0.05) is 12.1 Å². The van der Waals surface area contributed by atoms with E-state index < -0.39 is 0 Å². The van der Waals surface area contributed by atoms with Crippen molar-refractivity contribution in [3.63, 3.8) is 0 Å². The number of benzene rings is 1. The SMILES string of the molecule is CCNC(=NCC1CCN(Cc2csc(C)n2)CC1)N(C)CCOc1ccccc1F. The molecule has 0 unspecified atom stereocenters. The van der Waals surface area contributed by atoms with Crippen LogP contribution in [0.25, 0.3) is 0 Å². The number of likely N-dealkylation sites (tertiary alicyclic amines) is 1. The fourth-order valence-corrected chi connectivity index (χ4v) is 4.29. The molecule has 0 aliphatic carbocycles. The number of aryl methyl sites for hydroxylation is 1. The minimum absolute atomic E-state index is 0.289. The Labute approximate surface area is 189 Å². The Bertz CT molecular complexity index is 835. The Morgan fingerprint density at radius 3 is 2.81 bits per heavy atom. The maximum atomic E-state index is 13.7. The minimum atomic E-state index is -0.331. The zero-order valence-electron chi connectivity index (χ0n) is 18.8. The van der Waals surface area contributed by atoms with Crippen molar-refractivity contribution in [2.24, 2.45) is 10.9 Å². The predicted molar refractivity (Wildman–Crippen MR) is 125 cm³/mol. The summed E-state index contributed by atoms with van der Waals surface area (Å²) >= 11 is 1.72. The Balaban J connectivity index is 1.42.